The zero-order valence-corrected chi connectivity index (χ0v) is 37.0. The monoisotopic (exact) mass is 916 g/mol. The number of aliphatic hydroxyl groups excluding tert-OH is 1. The van der Waals surface area contributed by atoms with Crippen LogP contribution < -0.4 is 43.0 Å². The van der Waals surface area contributed by atoms with Crippen molar-refractivity contribution in [3.8, 4) is 0 Å². The first kappa shape index (κ1) is 53.9. The average Bonchev–Trinajstić information content (AvgIpc) is 3.25. The first-order valence-electron chi connectivity index (χ1n) is 20.5. The van der Waals surface area contributed by atoms with Gasteiger partial charge in [0.1, 0.15) is 48.9 Å². The average molecular weight is 917 g/mol. The summed E-state index contributed by atoms with van der Waals surface area (Å²) < 4.78 is 5.10. The number of unbranched alkanes of at least 4 members (excludes halogenated alkanes) is 1. The van der Waals surface area contributed by atoms with Crippen LogP contribution in [0.3, 0.4) is 0 Å². The Bertz CT molecular complexity index is 1880. The van der Waals surface area contributed by atoms with E-state index < -0.39 is 108 Å². The summed E-state index contributed by atoms with van der Waals surface area (Å²) in [6.07, 6.45) is -0.661. The van der Waals surface area contributed by atoms with Crippen molar-refractivity contribution in [3.05, 3.63) is 71.8 Å². The van der Waals surface area contributed by atoms with Gasteiger partial charge >= 0.3 is 18.0 Å². The predicted octanol–water partition coefficient (Wildman–Crippen LogP) is -0.705. The number of aliphatic hydroxyl groups is 1. The van der Waals surface area contributed by atoms with Crippen LogP contribution >= 0.6 is 11.8 Å². The van der Waals surface area contributed by atoms with Gasteiger partial charge < -0.3 is 63.0 Å². The molecule has 0 fully saturated rings. The Balaban J connectivity index is 2.19. The Morgan fingerprint density at radius 1 is 0.609 bits per heavy atom. The van der Waals surface area contributed by atoms with Crippen LogP contribution in [0.1, 0.15) is 64.0 Å². The summed E-state index contributed by atoms with van der Waals surface area (Å²) in [5.74, 6) is -8.15. The molecule has 2 aromatic carbocycles. The molecule has 0 saturated heterocycles. The second kappa shape index (κ2) is 28.4. The summed E-state index contributed by atoms with van der Waals surface area (Å²) in [6.45, 7) is 3.93. The third-order valence-electron chi connectivity index (χ3n) is 9.49. The van der Waals surface area contributed by atoms with E-state index in [1.54, 1.807) is 66.9 Å². The summed E-state index contributed by atoms with van der Waals surface area (Å²) >= 11 is 1.37. The molecule has 22 heteroatoms. The van der Waals surface area contributed by atoms with Gasteiger partial charge in [-0.1, -0.05) is 60.7 Å². The highest BCUT2D eigenvalue weighted by Gasteiger charge is 2.34. The van der Waals surface area contributed by atoms with Crippen molar-refractivity contribution >= 4 is 65.2 Å². The first-order valence-corrected chi connectivity index (χ1v) is 21.9. The molecule has 2 aromatic rings. The number of carbonyl (C=O) groups is 9. The lowest BCUT2D eigenvalue weighted by atomic mass is 10.0. The van der Waals surface area contributed by atoms with Gasteiger partial charge in [-0.15, -0.1) is 0 Å². The maximum Gasteiger partial charge on any atom is 0.408 e. The van der Waals surface area contributed by atoms with Gasteiger partial charge in [0.05, 0.1) is 12.5 Å². The molecule has 0 saturated carbocycles. The minimum atomic E-state index is -1.81. The van der Waals surface area contributed by atoms with Gasteiger partial charge in [-0.05, 0) is 76.1 Å². The number of rotatable bonds is 28. The summed E-state index contributed by atoms with van der Waals surface area (Å²) in [6, 6.07) is 7.02. The molecule has 21 nitrogen and oxygen atoms in total. The van der Waals surface area contributed by atoms with Crippen molar-refractivity contribution in [2.75, 3.05) is 18.6 Å². The highest BCUT2D eigenvalue weighted by molar-refractivity contribution is 7.98. The van der Waals surface area contributed by atoms with E-state index >= 15 is 0 Å². The fraction of sp³-hybridized carbons (Fsp3) is 0.500. The van der Waals surface area contributed by atoms with Gasteiger partial charge in [0.15, 0.2) is 0 Å². The molecule has 0 aliphatic heterocycles. The Morgan fingerprint density at radius 3 is 1.69 bits per heavy atom. The quantitative estimate of drug-likeness (QED) is 0.0470. The third-order valence-corrected chi connectivity index (χ3v) is 10.1. The number of amides is 7. The zero-order chi connectivity index (χ0) is 47.8. The van der Waals surface area contributed by atoms with Crippen molar-refractivity contribution in [2.24, 2.45) is 5.73 Å². The van der Waals surface area contributed by atoms with Crippen LogP contribution in [0.15, 0.2) is 60.7 Å². The predicted molar refractivity (Wildman–Crippen MR) is 234 cm³/mol. The van der Waals surface area contributed by atoms with Crippen LogP contribution in [-0.2, 0) is 56.1 Å². The highest BCUT2D eigenvalue weighted by atomic mass is 32.2. The van der Waals surface area contributed by atoms with Crippen molar-refractivity contribution in [2.45, 2.75) is 114 Å². The number of alkyl carbamates (subject to hydrolysis) is 1. The van der Waals surface area contributed by atoms with Crippen LogP contribution in [0.25, 0.3) is 0 Å². The highest BCUT2D eigenvalue weighted by Crippen LogP contribution is 2.10. The van der Waals surface area contributed by atoms with Crippen LogP contribution in [0.2, 0.25) is 0 Å². The van der Waals surface area contributed by atoms with Crippen molar-refractivity contribution in [1.29, 1.82) is 0 Å². The topological polar surface area (TPSA) is 334 Å². The van der Waals surface area contributed by atoms with Crippen LogP contribution in [0.4, 0.5) is 4.79 Å². The maximum absolute atomic E-state index is 13.9. The molecule has 64 heavy (non-hydrogen) atoms. The molecule has 8 atom stereocenters. The molecule has 0 aliphatic carbocycles. The Hall–Kier alpha value is -6.26. The molecule has 0 bridgehead atoms. The molecular formula is C42H60N8O13S. The fourth-order valence-electron chi connectivity index (χ4n) is 5.87. The molecule has 0 aliphatic rings. The number of benzene rings is 2. The number of hydrogen-bond donors (Lipinski definition) is 11. The second-order valence-corrected chi connectivity index (χ2v) is 15.8. The lowest BCUT2D eigenvalue weighted by Crippen LogP contribution is -2.61. The zero-order valence-electron chi connectivity index (χ0n) is 36.2. The van der Waals surface area contributed by atoms with Gasteiger partial charge in [-0.25, -0.2) is 9.59 Å². The summed E-state index contributed by atoms with van der Waals surface area (Å²) in [5.41, 5.74) is 6.77. The minimum absolute atomic E-state index is 0.0775. The Kier molecular flexibility index (Phi) is 23.9. The number of thioether (sulfide) groups is 1. The lowest BCUT2D eigenvalue weighted by molar-refractivity contribution is -0.142. The fourth-order valence-corrected chi connectivity index (χ4v) is 6.34. The van der Waals surface area contributed by atoms with Crippen molar-refractivity contribution < 1.29 is 63.2 Å². The number of ether oxygens (including phenoxy) is 1. The van der Waals surface area contributed by atoms with E-state index in [2.05, 4.69) is 37.2 Å². The lowest BCUT2D eigenvalue weighted by Gasteiger charge is -2.27. The number of carbonyl (C=O) groups excluding carboxylic acids is 7. The largest absolute Gasteiger partial charge is 0.481 e. The van der Waals surface area contributed by atoms with E-state index in [1.165, 1.54) is 32.5 Å². The summed E-state index contributed by atoms with van der Waals surface area (Å²) in [4.78, 5) is 117. The van der Waals surface area contributed by atoms with Gasteiger partial charge in [0.2, 0.25) is 35.4 Å². The second-order valence-electron chi connectivity index (χ2n) is 14.8. The molecule has 2 rings (SSSR count). The van der Waals surface area contributed by atoms with Crippen LogP contribution in [0, 0.1) is 0 Å². The van der Waals surface area contributed by atoms with Crippen LogP contribution in [-0.4, -0.2) is 136 Å². The minimum Gasteiger partial charge on any atom is -0.481 e. The number of nitrogens with two attached hydrogens (primary N) is 1. The summed E-state index contributed by atoms with van der Waals surface area (Å²) in [7, 11) is 0. The van der Waals surface area contributed by atoms with E-state index in [-0.39, 0.29) is 25.9 Å². The maximum atomic E-state index is 13.9. The normalized spacial score (nSPS) is 14.6. The van der Waals surface area contributed by atoms with E-state index in [0.717, 1.165) is 0 Å². The van der Waals surface area contributed by atoms with E-state index in [9.17, 15) is 58.5 Å². The number of carboxylic acid groups (broad SMARTS) is 2. The number of nitrogens with one attached hydrogen (secondary N) is 7. The molecule has 0 unspecified atom stereocenters. The Labute approximate surface area is 375 Å². The number of aliphatic carboxylic acids is 2. The number of hydrogen-bond acceptors (Lipinski definition) is 13. The molecule has 0 radical (unpaired) electrons. The number of carboxylic acids is 2. The molecule has 7 amide bonds. The smallest absolute Gasteiger partial charge is 0.408 e. The summed E-state index contributed by atoms with van der Waals surface area (Å²) in [5, 5.41) is 46.4. The standard InChI is InChI=1S/C42H60N8O13S/c1-24(44-40(59)34(26(3)51)50-36(55)25(2)45-42(62)63-23-28-15-9-6-10-16-28)35(54)48-32(22-33(52)53)39(58)49-31(21-27-13-7-5-8-14-27)38(57)46-29(18-20-64-4)37(56)47-30(41(60)61)17-11-12-19-43/h5-10,13-16,24-26,29-32,34,51H,11-12,17-23,43H2,1-4H3,(H,44,59)(H,45,62)(H,46,57)(H,47,56)(H,48,54)(H,49,58)(H,50,55)(H,52,53)(H,60,61)/t24-,25-,26+,29-,30-,31-,32-,34-/m0/s1. The van der Waals surface area contributed by atoms with E-state index in [0.29, 0.717) is 36.3 Å². The van der Waals surface area contributed by atoms with Crippen LogP contribution in [0.5, 0.6) is 0 Å². The molecular weight excluding hydrogens is 857 g/mol. The van der Waals surface area contributed by atoms with E-state index in [1.807, 2.05) is 0 Å². The molecule has 0 spiro atoms. The molecule has 12 N–H and O–H groups in total. The van der Waals surface area contributed by atoms with Gasteiger partial charge in [-0.3, -0.25) is 33.6 Å². The first-order chi connectivity index (χ1) is 30.4. The van der Waals surface area contributed by atoms with Crippen molar-refractivity contribution in [1.82, 2.24) is 37.2 Å². The molecule has 352 valence electrons. The van der Waals surface area contributed by atoms with Gasteiger partial charge in [-0.2, -0.15) is 11.8 Å². The SMILES string of the molecule is CSCC[C@H](NC(=O)[C@H](Cc1ccccc1)NC(=O)[C@H](CC(=O)O)NC(=O)[C@H](C)NC(=O)[C@@H](NC(=O)[C@H](C)NC(=O)OCc1ccccc1)[C@@H](C)O)C(=O)N[C@@H](CCCCN)C(=O)O. The molecule has 0 aromatic heterocycles. The molecule has 0 heterocycles. The Morgan fingerprint density at radius 2 is 1.12 bits per heavy atom. The van der Waals surface area contributed by atoms with E-state index in [4.69, 9.17) is 10.5 Å². The third kappa shape index (κ3) is 19.8. The van der Waals surface area contributed by atoms with Gasteiger partial charge in [0.25, 0.3) is 0 Å². The van der Waals surface area contributed by atoms with Crippen molar-refractivity contribution in [3.63, 3.8) is 0 Å². The van der Waals surface area contributed by atoms with Gasteiger partial charge in [0, 0.05) is 6.42 Å².